The molecule has 7 heteroatoms. The second-order valence-electron chi connectivity index (χ2n) is 8.17. The average molecular weight is 418 g/mol. The van der Waals surface area contributed by atoms with Gasteiger partial charge in [-0.05, 0) is 62.4 Å². The summed E-state index contributed by atoms with van der Waals surface area (Å²) >= 11 is 1.58. The van der Waals surface area contributed by atoms with Crippen LogP contribution in [0.3, 0.4) is 0 Å². The van der Waals surface area contributed by atoms with Crippen molar-refractivity contribution < 1.29 is 23.8 Å². The maximum Gasteiger partial charge on any atom is 0.418 e. The number of rotatable bonds is 5. The Balaban J connectivity index is 1.74. The highest BCUT2D eigenvalue weighted by molar-refractivity contribution is 8.00. The van der Waals surface area contributed by atoms with Gasteiger partial charge in [0.25, 0.3) is 0 Å². The van der Waals surface area contributed by atoms with E-state index in [1.807, 2.05) is 45.0 Å². The highest BCUT2D eigenvalue weighted by Crippen LogP contribution is 2.43. The molecule has 6 nitrogen and oxygen atoms in total. The van der Waals surface area contributed by atoms with Gasteiger partial charge in [0.1, 0.15) is 16.1 Å². The van der Waals surface area contributed by atoms with Gasteiger partial charge in [-0.2, -0.15) is 0 Å². The maximum atomic E-state index is 12.7. The summed E-state index contributed by atoms with van der Waals surface area (Å²) in [6.07, 6.45) is 4.16. The number of hydrogen-bond acceptors (Lipinski definition) is 6. The van der Waals surface area contributed by atoms with E-state index in [-0.39, 0.29) is 5.97 Å². The van der Waals surface area contributed by atoms with Gasteiger partial charge in [0.05, 0.1) is 14.2 Å². The van der Waals surface area contributed by atoms with E-state index in [2.05, 4.69) is 0 Å². The van der Waals surface area contributed by atoms with Gasteiger partial charge < -0.3 is 14.2 Å². The summed E-state index contributed by atoms with van der Waals surface area (Å²) in [5, 5.41) is 0. The third kappa shape index (κ3) is 4.78. The molecule has 1 heterocycles. The molecule has 1 aliphatic carbocycles. The largest absolute Gasteiger partial charge is 0.497 e. The van der Waals surface area contributed by atoms with E-state index >= 15 is 0 Å². The maximum absolute atomic E-state index is 12.7. The smallest absolute Gasteiger partial charge is 0.418 e. The SMILES string of the molecule is COC(=O)C1(SCc2ccc(OC)cc2)Cc2cn(C(=O)OC(C)(C)C)cc2C1. The van der Waals surface area contributed by atoms with Gasteiger partial charge in [0.2, 0.25) is 0 Å². The number of carbonyl (C=O) groups excluding carboxylic acids is 2. The molecule has 0 atom stereocenters. The summed E-state index contributed by atoms with van der Waals surface area (Å²) in [5.74, 6) is 1.24. The van der Waals surface area contributed by atoms with Gasteiger partial charge in [-0.3, -0.25) is 9.36 Å². The number of carbonyl (C=O) groups is 2. The van der Waals surface area contributed by atoms with Crippen LogP contribution in [0.4, 0.5) is 4.79 Å². The summed E-state index contributed by atoms with van der Waals surface area (Å²) < 4.78 is 16.5. The summed E-state index contributed by atoms with van der Waals surface area (Å²) in [5.41, 5.74) is 2.50. The summed E-state index contributed by atoms with van der Waals surface area (Å²) in [4.78, 5) is 25.0. The number of esters is 1. The Hall–Kier alpha value is -2.41. The summed E-state index contributed by atoms with van der Waals surface area (Å²) in [7, 11) is 3.05. The number of benzene rings is 1. The average Bonchev–Trinajstić information content (AvgIpc) is 3.22. The second-order valence-corrected chi connectivity index (χ2v) is 9.53. The Morgan fingerprint density at radius 1 is 1.07 bits per heavy atom. The quantitative estimate of drug-likeness (QED) is 0.679. The summed E-state index contributed by atoms with van der Waals surface area (Å²) in [6.45, 7) is 5.50. The van der Waals surface area contributed by atoms with E-state index in [0.717, 1.165) is 22.4 Å². The van der Waals surface area contributed by atoms with Crippen LogP contribution in [0.5, 0.6) is 5.75 Å². The lowest BCUT2D eigenvalue weighted by Gasteiger charge is -2.26. The number of aromatic nitrogens is 1. The second kappa shape index (κ2) is 8.14. The van der Waals surface area contributed by atoms with Gasteiger partial charge in [-0.25, -0.2) is 4.79 Å². The molecule has 0 saturated heterocycles. The number of thioether (sulfide) groups is 1. The van der Waals surface area contributed by atoms with E-state index in [9.17, 15) is 9.59 Å². The molecule has 0 amide bonds. The molecule has 0 spiro atoms. The topological polar surface area (TPSA) is 66.8 Å². The van der Waals surface area contributed by atoms with Crippen molar-refractivity contribution in [1.82, 2.24) is 4.57 Å². The standard InChI is InChI=1S/C22H27NO5S/c1-21(2,3)28-20(25)23-12-16-10-22(19(24)27-5,11-17(16)13-23)29-14-15-6-8-18(26-4)9-7-15/h6-9,12-13H,10-11,14H2,1-5H3. The zero-order chi connectivity index (χ0) is 21.2. The monoisotopic (exact) mass is 417 g/mol. The molecule has 1 aromatic carbocycles. The first-order valence-corrected chi connectivity index (χ1v) is 10.4. The van der Waals surface area contributed by atoms with Crippen molar-refractivity contribution >= 4 is 23.8 Å². The molecule has 2 aromatic rings. The molecule has 3 rings (SSSR count). The normalized spacial score (nSPS) is 14.9. The Bertz CT molecular complexity index is 871. The number of nitrogens with zero attached hydrogens (tertiary/aromatic N) is 1. The molecular weight excluding hydrogens is 390 g/mol. The van der Waals surface area contributed by atoms with Crippen LogP contribution < -0.4 is 4.74 Å². The van der Waals surface area contributed by atoms with Crippen molar-refractivity contribution in [2.24, 2.45) is 0 Å². The number of hydrogen-bond donors (Lipinski definition) is 0. The first-order chi connectivity index (χ1) is 13.7. The van der Waals surface area contributed by atoms with Crippen LogP contribution in [0, 0.1) is 0 Å². The molecule has 0 unspecified atom stereocenters. The van der Waals surface area contributed by atoms with Crippen molar-refractivity contribution in [3.05, 3.63) is 53.3 Å². The van der Waals surface area contributed by atoms with E-state index in [1.165, 1.54) is 11.7 Å². The fourth-order valence-electron chi connectivity index (χ4n) is 3.39. The van der Waals surface area contributed by atoms with E-state index in [1.54, 1.807) is 31.3 Å². The molecule has 0 fully saturated rings. The molecule has 0 bridgehead atoms. The molecule has 0 N–H and O–H groups in total. The van der Waals surface area contributed by atoms with Crippen LogP contribution in [0.25, 0.3) is 0 Å². The molecule has 156 valence electrons. The van der Waals surface area contributed by atoms with Crippen molar-refractivity contribution in [2.45, 2.75) is 49.7 Å². The first-order valence-electron chi connectivity index (χ1n) is 9.44. The van der Waals surface area contributed by atoms with Crippen molar-refractivity contribution in [1.29, 1.82) is 0 Å². The fourth-order valence-corrected chi connectivity index (χ4v) is 4.74. The van der Waals surface area contributed by atoms with Gasteiger partial charge in [0, 0.05) is 18.1 Å². The molecule has 0 aliphatic heterocycles. The van der Waals surface area contributed by atoms with Crippen LogP contribution in [-0.2, 0) is 32.9 Å². The summed E-state index contributed by atoms with van der Waals surface area (Å²) in [6, 6.07) is 7.81. The molecule has 0 radical (unpaired) electrons. The zero-order valence-electron chi connectivity index (χ0n) is 17.5. The van der Waals surface area contributed by atoms with Gasteiger partial charge in [-0.1, -0.05) is 12.1 Å². The Kier molecular flexibility index (Phi) is 5.98. The molecule has 0 saturated carbocycles. The lowest BCUT2D eigenvalue weighted by Crippen LogP contribution is -2.37. The zero-order valence-corrected chi connectivity index (χ0v) is 18.3. The van der Waals surface area contributed by atoms with Crippen molar-refractivity contribution in [2.75, 3.05) is 14.2 Å². The minimum Gasteiger partial charge on any atom is -0.497 e. The Morgan fingerprint density at radius 3 is 2.14 bits per heavy atom. The molecule has 1 aromatic heterocycles. The van der Waals surface area contributed by atoms with E-state index in [0.29, 0.717) is 18.6 Å². The predicted molar refractivity (Wildman–Crippen MR) is 113 cm³/mol. The number of methoxy groups -OCH3 is 2. The van der Waals surface area contributed by atoms with Gasteiger partial charge in [-0.15, -0.1) is 11.8 Å². The Labute approximate surface area is 175 Å². The molecule has 29 heavy (non-hydrogen) atoms. The highest BCUT2D eigenvalue weighted by atomic mass is 32.2. The van der Waals surface area contributed by atoms with Crippen molar-refractivity contribution in [3.8, 4) is 5.75 Å². The van der Waals surface area contributed by atoms with Gasteiger partial charge >= 0.3 is 12.1 Å². The predicted octanol–water partition coefficient (Wildman–Crippen LogP) is 4.22. The third-order valence-corrected chi connectivity index (χ3v) is 6.28. The minimum absolute atomic E-state index is 0.240. The fraction of sp³-hybridized carbons (Fsp3) is 0.455. The molecular formula is C22H27NO5S. The van der Waals surface area contributed by atoms with Crippen LogP contribution >= 0.6 is 11.8 Å². The number of fused-ring (bicyclic) bond motifs is 1. The van der Waals surface area contributed by atoms with Crippen LogP contribution in [0.2, 0.25) is 0 Å². The van der Waals surface area contributed by atoms with E-state index < -0.39 is 16.4 Å². The highest BCUT2D eigenvalue weighted by Gasteiger charge is 2.46. The van der Waals surface area contributed by atoms with Gasteiger partial charge in [0.15, 0.2) is 0 Å². The molecule has 1 aliphatic rings. The van der Waals surface area contributed by atoms with E-state index in [4.69, 9.17) is 14.2 Å². The first kappa shape index (κ1) is 21.3. The van der Waals surface area contributed by atoms with Crippen LogP contribution in [0.1, 0.15) is 37.5 Å². The van der Waals surface area contributed by atoms with Crippen LogP contribution in [-0.4, -0.2) is 41.2 Å². The minimum atomic E-state index is -0.688. The third-order valence-electron chi connectivity index (χ3n) is 4.79. The van der Waals surface area contributed by atoms with Crippen molar-refractivity contribution in [3.63, 3.8) is 0 Å². The van der Waals surface area contributed by atoms with Crippen LogP contribution in [0.15, 0.2) is 36.7 Å². The Morgan fingerprint density at radius 2 is 1.66 bits per heavy atom. The number of ether oxygens (including phenoxy) is 3. The lowest BCUT2D eigenvalue weighted by atomic mass is 10.1. The lowest BCUT2D eigenvalue weighted by molar-refractivity contribution is -0.143.